The molecule has 1 atom stereocenters. The molecule has 0 spiro atoms. The predicted octanol–water partition coefficient (Wildman–Crippen LogP) is 3.47. The highest BCUT2D eigenvalue weighted by Gasteiger charge is 2.13. The van der Waals surface area contributed by atoms with Gasteiger partial charge in [0, 0.05) is 12.6 Å². The second-order valence-electron chi connectivity index (χ2n) is 4.97. The van der Waals surface area contributed by atoms with E-state index in [1.54, 1.807) is 0 Å². The van der Waals surface area contributed by atoms with Crippen LogP contribution >= 0.6 is 0 Å². The van der Waals surface area contributed by atoms with E-state index in [9.17, 15) is 0 Å². The molecule has 1 heterocycles. The van der Waals surface area contributed by atoms with E-state index in [1.165, 1.54) is 31.2 Å². The Kier molecular flexibility index (Phi) is 4.88. The van der Waals surface area contributed by atoms with Gasteiger partial charge < -0.3 is 14.8 Å². The lowest BCUT2D eigenvalue weighted by atomic mass is 10.1. The van der Waals surface area contributed by atoms with Gasteiger partial charge in [-0.15, -0.1) is 0 Å². The minimum absolute atomic E-state index is 0.347. The number of nitrogens with one attached hydrogen (secondary N) is 1. The molecule has 100 valence electrons. The van der Waals surface area contributed by atoms with Gasteiger partial charge in [-0.1, -0.05) is 32.3 Å². The fraction of sp³-hybridized carbons (Fsp3) is 0.600. The number of ether oxygens (including phenoxy) is 2. The molecule has 2 rings (SSSR count). The van der Waals surface area contributed by atoms with Crippen LogP contribution in [0, 0.1) is 0 Å². The molecule has 0 aliphatic carbocycles. The first kappa shape index (κ1) is 13.2. The van der Waals surface area contributed by atoms with Gasteiger partial charge in [0.05, 0.1) is 0 Å². The second kappa shape index (κ2) is 6.64. The van der Waals surface area contributed by atoms with Crippen molar-refractivity contribution in [3.05, 3.63) is 23.8 Å². The summed E-state index contributed by atoms with van der Waals surface area (Å²) in [6.07, 6.45) is 5.18. The molecule has 0 fully saturated rings. The van der Waals surface area contributed by atoms with E-state index in [0.717, 1.165) is 18.0 Å². The Morgan fingerprint density at radius 3 is 2.89 bits per heavy atom. The molecule has 0 saturated heterocycles. The van der Waals surface area contributed by atoms with Crippen molar-refractivity contribution in [1.29, 1.82) is 0 Å². The number of rotatable bonds is 7. The number of hydrogen-bond acceptors (Lipinski definition) is 3. The van der Waals surface area contributed by atoms with Gasteiger partial charge in [-0.25, -0.2) is 0 Å². The lowest BCUT2D eigenvalue weighted by Gasteiger charge is -2.13. The van der Waals surface area contributed by atoms with E-state index < -0.39 is 0 Å². The van der Waals surface area contributed by atoms with Crippen molar-refractivity contribution in [3.63, 3.8) is 0 Å². The second-order valence-corrected chi connectivity index (χ2v) is 4.97. The predicted molar refractivity (Wildman–Crippen MR) is 73.0 cm³/mol. The van der Waals surface area contributed by atoms with Crippen LogP contribution in [0.5, 0.6) is 11.5 Å². The van der Waals surface area contributed by atoms with Gasteiger partial charge in [-0.3, -0.25) is 0 Å². The van der Waals surface area contributed by atoms with Gasteiger partial charge >= 0.3 is 0 Å². The van der Waals surface area contributed by atoms with Crippen molar-refractivity contribution in [2.75, 3.05) is 6.79 Å². The standard InChI is InChI=1S/C15H23NO2/c1-3-4-5-6-12(2)16-10-13-7-8-14-15(9-13)18-11-17-14/h7-9,12,16H,3-6,10-11H2,1-2H3. The van der Waals surface area contributed by atoms with Crippen LogP contribution in [-0.2, 0) is 6.54 Å². The van der Waals surface area contributed by atoms with Gasteiger partial charge in [0.15, 0.2) is 11.5 Å². The highest BCUT2D eigenvalue weighted by Crippen LogP contribution is 2.32. The van der Waals surface area contributed by atoms with Crippen molar-refractivity contribution < 1.29 is 9.47 Å². The molecule has 1 aliphatic rings. The molecule has 3 nitrogen and oxygen atoms in total. The largest absolute Gasteiger partial charge is 0.454 e. The first-order valence-corrected chi connectivity index (χ1v) is 6.91. The summed E-state index contributed by atoms with van der Waals surface area (Å²) in [6.45, 7) is 5.73. The number of unbranched alkanes of at least 4 members (excludes halogenated alkanes) is 2. The van der Waals surface area contributed by atoms with E-state index >= 15 is 0 Å². The van der Waals surface area contributed by atoms with Crippen LogP contribution in [0.4, 0.5) is 0 Å². The van der Waals surface area contributed by atoms with Crippen molar-refractivity contribution in [2.45, 2.75) is 52.1 Å². The number of fused-ring (bicyclic) bond motifs is 1. The van der Waals surface area contributed by atoms with Gasteiger partial charge in [-0.2, -0.15) is 0 Å². The fourth-order valence-electron chi connectivity index (χ4n) is 2.15. The van der Waals surface area contributed by atoms with Crippen molar-refractivity contribution in [2.24, 2.45) is 0 Å². The van der Waals surface area contributed by atoms with Gasteiger partial charge in [0.25, 0.3) is 0 Å². The maximum Gasteiger partial charge on any atom is 0.231 e. The average molecular weight is 249 g/mol. The zero-order valence-electron chi connectivity index (χ0n) is 11.4. The lowest BCUT2D eigenvalue weighted by molar-refractivity contribution is 0.174. The molecule has 0 radical (unpaired) electrons. The molecular formula is C15H23NO2. The highest BCUT2D eigenvalue weighted by molar-refractivity contribution is 5.44. The minimum Gasteiger partial charge on any atom is -0.454 e. The molecule has 1 aliphatic heterocycles. The number of hydrogen-bond donors (Lipinski definition) is 1. The maximum atomic E-state index is 5.38. The summed E-state index contributed by atoms with van der Waals surface area (Å²) >= 11 is 0. The Morgan fingerprint density at radius 2 is 2.06 bits per heavy atom. The molecule has 1 N–H and O–H groups in total. The van der Waals surface area contributed by atoms with Crippen molar-refractivity contribution >= 4 is 0 Å². The normalized spacial score (nSPS) is 14.8. The Morgan fingerprint density at radius 1 is 1.22 bits per heavy atom. The van der Waals surface area contributed by atoms with E-state index in [2.05, 4.69) is 31.3 Å². The molecule has 1 aromatic rings. The third-order valence-corrected chi connectivity index (χ3v) is 3.33. The molecule has 0 saturated carbocycles. The van der Waals surface area contributed by atoms with Gasteiger partial charge in [0.2, 0.25) is 6.79 Å². The molecule has 1 aromatic carbocycles. The van der Waals surface area contributed by atoms with Crippen LogP contribution in [0.25, 0.3) is 0 Å². The Labute approximate surface area is 109 Å². The summed E-state index contributed by atoms with van der Waals surface area (Å²) in [5.74, 6) is 1.72. The first-order valence-electron chi connectivity index (χ1n) is 6.91. The molecule has 18 heavy (non-hydrogen) atoms. The first-order chi connectivity index (χ1) is 8.79. The van der Waals surface area contributed by atoms with E-state index in [4.69, 9.17) is 9.47 Å². The summed E-state index contributed by atoms with van der Waals surface area (Å²) in [6, 6.07) is 6.72. The Hall–Kier alpha value is -1.22. The van der Waals surface area contributed by atoms with Crippen molar-refractivity contribution in [1.82, 2.24) is 5.32 Å². The third-order valence-electron chi connectivity index (χ3n) is 3.33. The van der Waals surface area contributed by atoms with E-state index in [1.807, 2.05) is 6.07 Å². The fourth-order valence-corrected chi connectivity index (χ4v) is 2.15. The zero-order chi connectivity index (χ0) is 12.8. The number of benzene rings is 1. The summed E-state index contributed by atoms with van der Waals surface area (Å²) in [4.78, 5) is 0. The molecule has 0 bridgehead atoms. The maximum absolute atomic E-state index is 5.38. The Balaban J connectivity index is 1.76. The van der Waals surface area contributed by atoms with Crippen LogP contribution < -0.4 is 14.8 Å². The van der Waals surface area contributed by atoms with Crippen LogP contribution in [0.1, 0.15) is 45.1 Å². The SMILES string of the molecule is CCCCCC(C)NCc1ccc2c(c1)OCO2. The zero-order valence-corrected chi connectivity index (χ0v) is 11.4. The molecular weight excluding hydrogens is 226 g/mol. The summed E-state index contributed by atoms with van der Waals surface area (Å²) in [5.41, 5.74) is 1.25. The van der Waals surface area contributed by atoms with Crippen LogP contribution in [0.2, 0.25) is 0 Å². The minimum atomic E-state index is 0.347. The summed E-state index contributed by atoms with van der Waals surface area (Å²) in [7, 11) is 0. The van der Waals surface area contributed by atoms with Crippen LogP contribution in [0.15, 0.2) is 18.2 Å². The lowest BCUT2D eigenvalue weighted by Crippen LogP contribution is -2.25. The van der Waals surface area contributed by atoms with E-state index in [0.29, 0.717) is 12.8 Å². The van der Waals surface area contributed by atoms with E-state index in [-0.39, 0.29) is 0 Å². The van der Waals surface area contributed by atoms with Gasteiger partial charge in [-0.05, 0) is 31.0 Å². The van der Waals surface area contributed by atoms with Gasteiger partial charge in [0.1, 0.15) is 0 Å². The summed E-state index contributed by atoms with van der Waals surface area (Å²) in [5, 5.41) is 3.55. The molecule has 3 heteroatoms. The Bertz CT molecular complexity index is 379. The van der Waals surface area contributed by atoms with Crippen molar-refractivity contribution in [3.8, 4) is 11.5 Å². The molecule has 1 unspecified atom stereocenters. The quantitative estimate of drug-likeness (QED) is 0.750. The van der Waals surface area contributed by atoms with Crippen LogP contribution in [0.3, 0.4) is 0 Å². The smallest absolute Gasteiger partial charge is 0.231 e. The molecule has 0 amide bonds. The van der Waals surface area contributed by atoms with Crippen LogP contribution in [-0.4, -0.2) is 12.8 Å². The highest BCUT2D eigenvalue weighted by atomic mass is 16.7. The average Bonchev–Trinajstić information content (AvgIpc) is 2.84. The topological polar surface area (TPSA) is 30.5 Å². The monoisotopic (exact) mass is 249 g/mol. The molecule has 0 aromatic heterocycles. The summed E-state index contributed by atoms with van der Waals surface area (Å²) < 4.78 is 10.7. The third kappa shape index (κ3) is 3.64.